The van der Waals surface area contributed by atoms with Crippen LogP contribution in [0.5, 0.6) is 0 Å². The molecule has 4 nitrogen and oxygen atoms in total. The second-order valence-electron chi connectivity index (χ2n) is 2.97. The van der Waals surface area contributed by atoms with E-state index >= 15 is 0 Å². The summed E-state index contributed by atoms with van der Waals surface area (Å²) < 4.78 is 5.08. The summed E-state index contributed by atoms with van der Waals surface area (Å²) in [7, 11) is 0. The molecule has 1 amide bonds. The van der Waals surface area contributed by atoms with Crippen molar-refractivity contribution in [2.24, 2.45) is 0 Å². The number of rotatable bonds is 3. The Balaban J connectivity index is 2.49. The summed E-state index contributed by atoms with van der Waals surface area (Å²) in [6.45, 7) is 3.61. The van der Waals surface area contributed by atoms with Crippen molar-refractivity contribution in [1.29, 1.82) is 0 Å². The average Bonchev–Trinajstić information content (AvgIpc) is 2.47. The van der Waals surface area contributed by atoms with Crippen molar-refractivity contribution in [2.45, 2.75) is 20.0 Å². The number of amides is 1. The van der Waals surface area contributed by atoms with E-state index in [1.165, 1.54) is 0 Å². The molecule has 0 radical (unpaired) electrons. The van der Waals surface area contributed by atoms with E-state index < -0.39 is 6.10 Å². The van der Waals surface area contributed by atoms with Gasteiger partial charge in [-0.3, -0.25) is 4.79 Å². The number of hydrogen-bond acceptors (Lipinski definition) is 3. The molecule has 0 unspecified atom stereocenters. The Morgan fingerprint density at radius 2 is 2.38 bits per heavy atom. The Morgan fingerprint density at radius 1 is 1.69 bits per heavy atom. The molecule has 13 heavy (non-hydrogen) atoms. The molecule has 1 atom stereocenters. The van der Waals surface area contributed by atoms with Crippen LogP contribution in [0.2, 0.25) is 0 Å². The first-order chi connectivity index (χ1) is 6.09. The Bertz CT molecular complexity index is 291. The zero-order chi connectivity index (χ0) is 9.84. The smallest absolute Gasteiger partial charge is 0.287 e. The number of hydrogen-bond donors (Lipinski definition) is 2. The lowest BCUT2D eigenvalue weighted by Crippen LogP contribution is -2.30. The maximum absolute atomic E-state index is 11.2. The minimum absolute atomic E-state index is 0.235. The summed E-state index contributed by atoms with van der Waals surface area (Å²) >= 11 is 0. The van der Waals surface area contributed by atoms with Crippen molar-refractivity contribution in [1.82, 2.24) is 5.32 Å². The van der Waals surface area contributed by atoms with Crippen molar-refractivity contribution in [3.8, 4) is 0 Å². The van der Waals surface area contributed by atoms with Crippen LogP contribution >= 0.6 is 0 Å². The van der Waals surface area contributed by atoms with E-state index in [0.717, 1.165) is 0 Å². The number of furan rings is 1. The minimum Gasteiger partial charge on any atom is -0.456 e. The highest BCUT2D eigenvalue weighted by Gasteiger charge is 2.09. The topological polar surface area (TPSA) is 62.5 Å². The molecule has 0 fully saturated rings. The summed E-state index contributed by atoms with van der Waals surface area (Å²) in [6.07, 6.45) is -0.542. The number of aryl methyl sites for hydroxylation is 1. The highest BCUT2D eigenvalue weighted by molar-refractivity contribution is 5.91. The van der Waals surface area contributed by atoms with E-state index in [9.17, 15) is 4.79 Å². The van der Waals surface area contributed by atoms with Crippen molar-refractivity contribution in [3.63, 3.8) is 0 Å². The largest absolute Gasteiger partial charge is 0.456 e. The van der Waals surface area contributed by atoms with Crippen LogP contribution in [0.3, 0.4) is 0 Å². The summed E-state index contributed by atoms with van der Waals surface area (Å²) in [6, 6.07) is 3.32. The molecule has 72 valence electrons. The first kappa shape index (κ1) is 9.80. The van der Waals surface area contributed by atoms with E-state index in [-0.39, 0.29) is 18.2 Å². The Kier molecular flexibility index (Phi) is 3.08. The molecule has 1 heterocycles. The Labute approximate surface area is 76.6 Å². The molecule has 1 aromatic heterocycles. The van der Waals surface area contributed by atoms with Crippen LogP contribution in [0, 0.1) is 6.92 Å². The minimum atomic E-state index is -0.542. The molecule has 1 rings (SSSR count). The number of nitrogens with one attached hydrogen (secondary N) is 1. The SMILES string of the molecule is Cc1ccc(C(=O)NC[C@@H](C)O)o1. The van der Waals surface area contributed by atoms with Crippen LogP contribution in [0.1, 0.15) is 23.2 Å². The molecular formula is C9H13NO3. The summed E-state index contributed by atoms with van der Waals surface area (Å²) in [5.41, 5.74) is 0. The zero-order valence-electron chi connectivity index (χ0n) is 7.70. The molecule has 0 aliphatic heterocycles. The number of aliphatic hydroxyl groups is 1. The van der Waals surface area contributed by atoms with Gasteiger partial charge in [-0.1, -0.05) is 0 Å². The van der Waals surface area contributed by atoms with Gasteiger partial charge < -0.3 is 14.8 Å². The van der Waals surface area contributed by atoms with Gasteiger partial charge in [0, 0.05) is 6.54 Å². The van der Waals surface area contributed by atoms with Gasteiger partial charge in [0.05, 0.1) is 6.10 Å². The van der Waals surface area contributed by atoms with Gasteiger partial charge in [0.2, 0.25) is 0 Å². The van der Waals surface area contributed by atoms with E-state index in [2.05, 4.69) is 5.32 Å². The molecule has 0 aliphatic carbocycles. The molecule has 0 saturated heterocycles. The lowest BCUT2D eigenvalue weighted by atomic mass is 10.3. The van der Waals surface area contributed by atoms with Gasteiger partial charge in [-0.15, -0.1) is 0 Å². The Morgan fingerprint density at radius 3 is 2.85 bits per heavy atom. The lowest BCUT2D eigenvalue weighted by Gasteiger charge is -2.04. The fourth-order valence-corrected chi connectivity index (χ4v) is 0.884. The van der Waals surface area contributed by atoms with Crippen LogP contribution in [0.25, 0.3) is 0 Å². The predicted octanol–water partition coefficient (Wildman–Crippen LogP) is 0.699. The normalized spacial score (nSPS) is 12.5. The van der Waals surface area contributed by atoms with E-state index in [4.69, 9.17) is 9.52 Å². The zero-order valence-corrected chi connectivity index (χ0v) is 7.70. The first-order valence-corrected chi connectivity index (χ1v) is 4.12. The van der Waals surface area contributed by atoms with Crippen molar-refractivity contribution in [3.05, 3.63) is 23.7 Å². The fourth-order valence-electron chi connectivity index (χ4n) is 0.884. The monoisotopic (exact) mass is 183 g/mol. The van der Waals surface area contributed by atoms with Gasteiger partial charge in [-0.05, 0) is 26.0 Å². The number of aliphatic hydroxyl groups excluding tert-OH is 1. The van der Waals surface area contributed by atoms with Crippen LogP contribution in [0.4, 0.5) is 0 Å². The molecular weight excluding hydrogens is 170 g/mol. The second kappa shape index (κ2) is 4.09. The predicted molar refractivity (Wildman–Crippen MR) is 47.5 cm³/mol. The van der Waals surface area contributed by atoms with Gasteiger partial charge >= 0.3 is 0 Å². The lowest BCUT2D eigenvalue weighted by molar-refractivity contribution is 0.0895. The van der Waals surface area contributed by atoms with Gasteiger partial charge in [-0.25, -0.2) is 0 Å². The molecule has 0 aromatic carbocycles. The maximum atomic E-state index is 11.2. The van der Waals surface area contributed by atoms with E-state index in [1.54, 1.807) is 26.0 Å². The van der Waals surface area contributed by atoms with E-state index in [1.807, 2.05) is 0 Å². The molecule has 0 aliphatic rings. The highest BCUT2D eigenvalue weighted by Crippen LogP contribution is 2.05. The van der Waals surface area contributed by atoms with Crippen LogP contribution in [-0.2, 0) is 0 Å². The quantitative estimate of drug-likeness (QED) is 0.725. The third kappa shape index (κ3) is 2.91. The number of carbonyl (C=O) groups is 1. The summed E-state index contributed by atoms with van der Waals surface area (Å²) in [5, 5.41) is 11.4. The molecule has 0 saturated carbocycles. The standard InChI is InChI=1S/C9H13NO3/c1-6(11)5-10-9(12)8-4-3-7(2)13-8/h3-4,6,11H,5H2,1-2H3,(H,10,12)/t6-/m1/s1. The molecule has 4 heteroatoms. The van der Waals surface area contributed by atoms with Gasteiger partial charge in [0.15, 0.2) is 5.76 Å². The second-order valence-corrected chi connectivity index (χ2v) is 2.97. The van der Waals surface area contributed by atoms with Crippen molar-refractivity contribution >= 4 is 5.91 Å². The first-order valence-electron chi connectivity index (χ1n) is 4.12. The third-order valence-electron chi connectivity index (χ3n) is 1.52. The Hall–Kier alpha value is -1.29. The van der Waals surface area contributed by atoms with Gasteiger partial charge in [0.25, 0.3) is 5.91 Å². The molecule has 0 bridgehead atoms. The van der Waals surface area contributed by atoms with Crippen LogP contribution in [-0.4, -0.2) is 23.7 Å². The highest BCUT2D eigenvalue weighted by atomic mass is 16.3. The summed E-state index contributed by atoms with van der Waals surface area (Å²) in [5.74, 6) is 0.675. The van der Waals surface area contributed by atoms with Crippen molar-refractivity contribution < 1.29 is 14.3 Å². The van der Waals surface area contributed by atoms with Gasteiger partial charge in [0.1, 0.15) is 5.76 Å². The molecule has 0 spiro atoms. The fraction of sp³-hybridized carbons (Fsp3) is 0.444. The van der Waals surface area contributed by atoms with E-state index in [0.29, 0.717) is 5.76 Å². The molecule has 2 N–H and O–H groups in total. The van der Waals surface area contributed by atoms with Gasteiger partial charge in [-0.2, -0.15) is 0 Å². The van der Waals surface area contributed by atoms with Crippen LogP contribution < -0.4 is 5.32 Å². The average molecular weight is 183 g/mol. The third-order valence-corrected chi connectivity index (χ3v) is 1.52. The summed E-state index contributed by atoms with van der Waals surface area (Å²) in [4.78, 5) is 11.2. The number of carbonyl (C=O) groups excluding carboxylic acids is 1. The van der Waals surface area contributed by atoms with Crippen molar-refractivity contribution in [2.75, 3.05) is 6.54 Å². The maximum Gasteiger partial charge on any atom is 0.287 e. The van der Waals surface area contributed by atoms with Crippen LogP contribution in [0.15, 0.2) is 16.5 Å². The molecule has 1 aromatic rings.